The van der Waals surface area contributed by atoms with Gasteiger partial charge in [-0.05, 0) is 46.4 Å². The molecule has 0 saturated carbocycles. The van der Waals surface area contributed by atoms with Gasteiger partial charge in [0.15, 0.2) is 0 Å². The Hall–Kier alpha value is -3.02. The maximum absolute atomic E-state index is 12.4. The average Bonchev–Trinajstić information content (AvgIpc) is 3.17. The van der Waals surface area contributed by atoms with Crippen molar-refractivity contribution < 1.29 is 14.3 Å². The first-order valence-electron chi connectivity index (χ1n) is 11.2. The summed E-state index contributed by atoms with van der Waals surface area (Å²) in [5.41, 5.74) is 5.58. The molecule has 176 valence electrons. The Bertz CT molecular complexity index is 1150. The van der Waals surface area contributed by atoms with Crippen molar-refractivity contribution in [3.05, 3.63) is 93.5 Å². The molecule has 3 aromatic rings. The summed E-state index contributed by atoms with van der Waals surface area (Å²) >= 11 is 11.9. The number of carbonyl (C=O) groups is 2. The predicted octanol–water partition coefficient (Wildman–Crippen LogP) is 6.17. The molecule has 7 heteroatoms. The van der Waals surface area contributed by atoms with Gasteiger partial charge in [0.2, 0.25) is 5.91 Å². The zero-order valence-corrected chi connectivity index (χ0v) is 20.3. The van der Waals surface area contributed by atoms with Crippen LogP contribution >= 0.6 is 23.2 Å². The van der Waals surface area contributed by atoms with Gasteiger partial charge < -0.3 is 15.4 Å². The quantitative estimate of drug-likeness (QED) is 0.391. The van der Waals surface area contributed by atoms with Crippen LogP contribution in [0.3, 0.4) is 0 Å². The summed E-state index contributed by atoms with van der Waals surface area (Å²) in [6.45, 7) is 2.79. The summed E-state index contributed by atoms with van der Waals surface area (Å²) in [5, 5.41) is 6.56. The number of carbonyl (C=O) groups excluding carboxylic acids is 2. The Morgan fingerprint density at radius 2 is 1.56 bits per heavy atom. The first-order chi connectivity index (χ1) is 16.4. The van der Waals surface area contributed by atoms with Crippen LogP contribution in [-0.4, -0.2) is 25.2 Å². The number of amides is 2. The highest BCUT2D eigenvalue weighted by Gasteiger charge is 2.29. The minimum absolute atomic E-state index is 0.0178. The fourth-order valence-corrected chi connectivity index (χ4v) is 4.50. The van der Waals surface area contributed by atoms with Crippen LogP contribution in [0.5, 0.6) is 0 Å². The van der Waals surface area contributed by atoms with Crippen molar-refractivity contribution in [3.63, 3.8) is 0 Å². The van der Waals surface area contributed by atoms with Gasteiger partial charge in [-0.25, -0.2) is 4.79 Å². The molecule has 0 unspecified atom stereocenters. The number of benzene rings is 3. The summed E-state index contributed by atoms with van der Waals surface area (Å²) in [7, 11) is 0. The van der Waals surface area contributed by atoms with Gasteiger partial charge >= 0.3 is 6.09 Å². The minimum atomic E-state index is -0.481. The van der Waals surface area contributed by atoms with Crippen molar-refractivity contribution in [3.8, 4) is 11.1 Å². The summed E-state index contributed by atoms with van der Waals surface area (Å²) in [6.07, 6.45) is 0.0162. The predicted molar refractivity (Wildman–Crippen MR) is 135 cm³/mol. The van der Waals surface area contributed by atoms with Crippen LogP contribution in [0.25, 0.3) is 11.1 Å². The summed E-state index contributed by atoms with van der Waals surface area (Å²) < 4.78 is 5.53. The molecule has 2 amide bonds. The molecule has 0 aromatic heterocycles. The Morgan fingerprint density at radius 3 is 2.21 bits per heavy atom. The van der Waals surface area contributed by atoms with Crippen molar-refractivity contribution >= 4 is 35.2 Å². The van der Waals surface area contributed by atoms with Crippen LogP contribution in [0.2, 0.25) is 10.0 Å². The molecule has 3 aromatic carbocycles. The third-order valence-electron chi connectivity index (χ3n) is 6.09. The molecule has 4 rings (SSSR count). The molecule has 0 bridgehead atoms. The van der Waals surface area contributed by atoms with E-state index < -0.39 is 6.09 Å². The van der Waals surface area contributed by atoms with E-state index in [2.05, 4.69) is 34.9 Å². The number of hydrogen-bond acceptors (Lipinski definition) is 3. The zero-order chi connectivity index (χ0) is 24.1. The smallest absolute Gasteiger partial charge is 0.407 e. The molecule has 0 fully saturated rings. The third-order valence-corrected chi connectivity index (χ3v) is 6.83. The normalized spacial score (nSPS) is 13.0. The van der Waals surface area contributed by atoms with Gasteiger partial charge in [-0.15, -0.1) is 0 Å². The molecule has 5 nitrogen and oxygen atoms in total. The Labute approximate surface area is 209 Å². The van der Waals surface area contributed by atoms with Crippen molar-refractivity contribution in [2.24, 2.45) is 5.92 Å². The second-order valence-electron chi connectivity index (χ2n) is 8.41. The standard InChI is InChI=1S/C27H26Cl2N2O3/c1-17(26(32)31-15-18-10-11-24(28)25(29)14-18)12-13-30-27(33)34-16-23-21-8-4-2-6-19(21)20-7-3-5-9-22(20)23/h2-11,14,17,23H,12-13,15-16H2,1H3,(H,30,33)(H,31,32)/t17-/m1/s1. The van der Waals surface area contributed by atoms with Crippen LogP contribution in [0.4, 0.5) is 4.79 Å². The number of nitrogens with one attached hydrogen (secondary N) is 2. The number of rotatable bonds is 8. The van der Waals surface area contributed by atoms with E-state index in [0.29, 0.717) is 29.6 Å². The number of hydrogen-bond donors (Lipinski definition) is 2. The lowest BCUT2D eigenvalue weighted by atomic mass is 9.98. The molecule has 1 atom stereocenters. The van der Waals surface area contributed by atoms with E-state index in [1.165, 1.54) is 22.3 Å². The summed E-state index contributed by atoms with van der Waals surface area (Å²) in [4.78, 5) is 24.7. The molecule has 0 radical (unpaired) electrons. The molecule has 1 aliphatic carbocycles. The van der Waals surface area contributed by atoms with Gasteiger partial charge in [-0.3, -0.25) is 4.79 Å². The molecule has 0 aliphatic heterocycles. The second-order valence-corrected chi connectivity index (χ2v) is 9.22. The lowest BCUT2D eigenvalue weighted by Crippen LogP contribution is -2.33. The molecule has 0 heterocycles. The third kappa shape index (κ3) is 5.54. The van der Waals surface area contributed by atoms with Crippen LogP contribution in [0.15, 0.2) is 66.7 Å². The average molecular weight is 497 g/mol. The topological polar surface area (TPSA) is 67.4 Å². The molecule has 34 heavy (non-hydrogen) atoms. The minimum Gasteiger partial charge on any atom is -0.449 e. The van der Waals surface area contributed by atoms with Crippen LogP contribution in [0.1, 0.15) is 36.0 Å². The SMILES string of the molecule is C[C@H](CCNC(=O)OCC1c2ccccc2-c2ccccc21)C(=O)NCc1ccc(Cl)c(Cl)c1. The molecule has 0 saturated heterocycles. The maximum Gasteiger partial charge on any atom is 0.407 e. The highest BCUT2D eigenvalue weighted by molar-refractivity contribution is 6.42. The van der Waals surface area contributed by atoms with Gasteiger partial charge in [-0.2, -0.15) is 0 Å². The fourth-order valence-electron chi connectivity index (χ4n) is 4.18. The monoisotopic (exact) mass is 496 g/mol. The molecule has 0 spiro atoms. The zero-order valence-electron chi connectivity index (χ0n) is 18.8. The maximum atomic E-state index is 12.4. The summed E-state index contributed by atoms with van der Waals surface area (Å²) in [5.74, 6) is -0.346. The number of fused-ring (bicyclic) bond motifs is 3. The van der Waals surface area contributed by atoms with E-state index in [9.17, 15) is 9.59 Å². The van der Waals surface area contributed by atoms with Crippen LogP contribution < -0.4 is 10.6 Å². The van der Waals surface area contributed by atoms with Gasteiger partial charge in [0.05, 0.1) is 10.0 Å². The van der Waals surface area contributed by atoms with Gasteiger partial charge in [0, 0.05) is 24.9 Å². The van der Waals surface area contributed by atoms with E-state index >= 15 is 0 Å². The Morgan fingerprint density at radius 1 is 0.912 bits per heavy atom. The van der Waals surface area contributed by atoms with E-state index in [1.807, 2.05) is 37.3 Å². The second kappa shape index (κ2) is 10.9. The fraction of sp³-hybridized carbons (Fsp3) is 0.259. The lowest BCUT2D eigenvalue weighted by Gasteiger charge is -2.15. The summed E-state index contributed by atoms with van der Waals surface area (Å²) in [6, 6.07) is 21.7. The first-order valence-corrected chi connectivity index (χ1v) is 12.0. The molecular formula is C27H26Cl2N2O3. The van der Waals surface area contributed by atoms with Crippen LogP contribution in [0, 0.1) is 5.92 Å². The van der Waals surface area contributed by atoms with E-state index in [-0.39, 0.29) is 24.3 Å². The Balaban J connectivity index is 1.21. The molecule has 1 aliphatic rings. The van der Waals surface area contributed by atoms with Gasteiger partial charge in [0.1, 0.15) is 6.61 Å². The molecular weight excluding hydrogens is 471 g/mol. The van der Waals surface area contributed by atoms with E-state index in [0.717, 1.165) is 5.56 Å². The van der Waals surface area contributed by atoms with Crippen molar-refractivity contribution in [1.82, 2.24) is 10.6 Å². The number of halogens is 2. The first kappa shape index (κ1) is 24.1. The van der Waals surface area contributed by atoms with E-state index in [1.54, 1.807) is 12.1 Å². The van der Waals surface area contributed by atoms with Gasteiger partial charge in [-0.1, -0.05) is 84.7 Å². The number of alkyl carbamates (subject to hydrolysis) is 1. The van der Waals surface area contributed by atoms with Crippen molar-refractivity contribution in [2.75, 3.05) is 13.2 Å². The van der Waals surface area contributed by atoms with Crippen LogP contribution in [-0.2, 0) is 16.1 Å². The number of ether oxygens (including phenoxy) is 1. The van der Waals surface area contributed by atoms with E-state index in [4.69, 9.17) is 27.9 Å². The largest absolute Gasteiger partial charge is 0.449 e. The van der Waals surface area contributed by atoms with Crippen molar-refractivity contribution in [2.45, 2.75) is 25.8 Å². The highest BCUT2D eigenvalue weighted by Crippen LogP contribution is 2.44. The Kier molecular flexibility index (Phi) is 7.76. The molecule has 2 N–H and O–H groups in total. The lowest BCUT2D eigenvalue weighted by molar-refractivity contribution is -0.124. The van der Waals surface area contributed by atoms with Crippen molar-refractivity contribution in [1.29, 1.82) is 0 Å². The highest BCUT2D eigenvalue weighted by atomic mass is 35.5. The van der Waals surface area contributed by atoms with Gasteiger partial charge in [0.25, 0.3) is 0 Å².